The van der Waals surface area contributed by atoms with Crippen LogP contribution in [0.5, 0.6) is 0 Å². The van der Waals surface area contributed by atoms with Crippen LogP contribution in [0.25, 0.3) is 0 Å². The SMILES string of the molecule is C.C.CC.CC.CC(C)c1ccccc1. The summed E-state index contributed by atoms with van der Waals surface area (Å²) in [7, 11) is 0. The van der Waals surface area contributed by atoms with E-state index in [0.717, 1.165) is 0 Å². The monoisotopic (exact) mass is 212 g/mol. The summed E-state index contributed by atoms with van der Waals surface area (Å²) in [5, 5.41) is 0. The van der Waals surface area contributed by atoms with Gasteiger partial charge in [-0.05, 0) is 11.5 Å². The molecule has 1 aromatic rings. The molecule has 92 valence electrons. The average Bonchev–Trinajstić information content (AvgIpc) is 2.25. The smallest absolute Gasteiger partial charge is 0.0219 e. The van der Waals surface area contributed by atoms with Crippen molar-refractivity contribution in [3.8, 4) is 0 Å². The number of hydrogen-bond acceptors (Lipinski definition) is 0. The zero-order chi connectivity index (χ0) is 10.7. The third kappa shape index (κ3) is 13.2. The van der Waals surface area contributed by atoms with Gasteiger partial charge in [0.05, 0.1) is 0 Å². The van der Waals surface area contributed by atoms with Gasteiger partial charge in [0, 0.05) is 0 Å². The molecular weight excluding hydrogens is 180 g/mol. The van der Waals surface area contributed by atoms with Crippen LogP contribution in [0.4, 0.5) is 0 Å². The minimum atomic E-state index is 0. The largest absolute Gasteiger partial charge is 0.0776 e. The Balaban J connectivity index is -0.0000000910. The van der Waals surface area contributed by atoms with Crippen molar-refractivity contribution >= 4 is 0 Å². The molecule has 0 aromatic heterocycles. The lowest BCUT2D eigenvalue weighted by Gasteiger charge is -2.01. The van der Waals surface area contributed by atoms with Crippen LogP contribution in [0, 0.1) is 0 Å². The fourth-order valence-corrected chi connectivity index (χ4v) is 0.838. The number of hydrogen-bond donors (Lipinski definition) is 0. The first-order valence-corrected chi connectivity index (χ1v) is 5.35. The Morgan fingerprint density at radius 2 is 1.07 bits per heavy atom. The lowest BCUT2D eigenvalue weighted by Crippen LogP contribution is -1.83. The molecule has 0 heterocycles. The molecule has 0 N–H and O–H groups in total. The quantitative estimate of drug-likeness (QED) is 0.525. The zero-order valence-electron chi connectivity index (χ0n) is 9.96. The van der Waals surface area contributed by atoms with E-state index in [1.165, 1.54) is 5.56 Å². The van der Waals surface area contributed by atoms with Crippen molar-refractivity contribution in [2.75, 3.05) is 0 Å². The molecule has 0 bridgehead atoms. The molecule has 0 saturated carbocycles. The predicted molar refractivity (Wildman–Crippen MR) is 76.7 cm³/mol. The molecule has 0 fully saturated rings. The van der Waals surface area contributed by atoms with Crippen LogP contribution in [-0.2, 0) is 0 Å². The summed E-state index contributed by atoms with van der Waals surface area (Å²) in [5.74, 6) is 0.659. The summed E-state index contributed by atoms with van der Waals surface area (Å²) < 4.78 is 0. The van der Waals surface area contributed by atoms with Gasteiger partial charge in [-0.25, -0.2) is 0 Å². The van der Waals surface area contributed by atoms with Crippen molar-refractivity contribution in [3.63, 3.8) is 0 Å². The minimum Gasteiger partial charge on any atom is -0.0776 e. The van der Waals surface area contributed by atoms with Crippen LogP contribution in [0.15, 0.2) is 30.3 Å². The Morgan fingerprint density at radius 1 is 0.733 bits per heavy atom. The van der Waals surface area contributed by atoms with Gasteiger partial charge in [-0.3, -0.25) is 0 Å². The highest BCUT2D eigenvalue weighted by Gasteiger charge is 1.93. The van der Waals surface area contributed by atoms with Gasteiger partial charge < -0.3 is 0 Å². The minimum absolute atomic E-state index is 0. The summed E-state index contributed by atoms with van der Waals surface area (Å²) in [6.45, 7) is 12.4. The predicted octanol–water partition coefficient (Wildman–Crippen LogP) is 6.13. The second-order valence-corrected chi connectivity index (χ2v) is 2.57. The molecule has 0 spiro atoms. The number of benzene rings is 1. The molecule has 0 heteroatoms. The molecule has 15 heavy (non-hydrogen) atoms. The molecule has 0 amide bonds. The topological polar surface area (TPSA) is 0 Å². The molecular formula is C15H32. The van der Waals surface area contributed by atoms with Crippen LogP contribution >= 0.6 is 0 Å². The van der Waals surface area contributed by atoms with Crippen LogP contribution in [0.2, 0.25) is 0 Å². The Morgan fingerprint density at radius 3 is 1.27 bits per heavy atom. The first-order chi connectivity index (χ1) is 6.30. The summed E-state index contributed by atoms with van der Waals surface area (Å²) in [6.07, 6.45) is 0. The van der Waals surface area contributed by atoms with Gasteiger partial charge >= 0.3 is 0 Å². The third-order valence-corrected chi connectivity index (χ3v) is 1.47. The van der Waals surface area contributed by atoms with Crippen LogP contribution in [-0.4, -0.2) is 0 Å². The maximum absolute atomic E-state index is 2.20. The lowest BCUT2D eigenvalue weighted by molar-refractivity contribution is 0.867. The summed E-state index contributed by atoms with van der Waals surface area (Å²) in [5.41, 5.74) is 1.41. The van der Waals surface area contributed by atoms with E-state index in [1.54, 1.807) is 0 Å². The fourth-order valence-electron chi connectivity index (χ4n) is 0.838. The van der Waals surface area contributed by atoms with E-state index >= 15 is 0 Å². The average molecular weight is 212 g/mol. The third-order valence-electron chi connectivity index (χ3n) is 1.47. The van der Waals surface area contributed by atoms with Gasteiger partial charge in [-0.1, -0.05) is 86.7 Å². The van der Waals surface area contributed by atoms with E-state index in [1.807, 2.05) is 33.8 Å². The van der Waals surface area contributed by atoms with Gasteiger partial charge in [0.2, 0.25) is 0 Å². The van der Waals surface area contributed by atoms with Crippen molar-refractivity contribution < 1.29 is 0 Å². The maximum Gasteiger partial charge on any atom is -0.0219 e. The van der Waals surface area contributed by atoms with E-state index in [9.17, 15) is 0 Å². The first kappa shape index (κ1) is 23.8. The van der Waals surface area contributed by atoms with Gasteiger partial charge in [0.1, 0.15) is 0 Å². The Bertz CT molecular complexity index is 163. The van der Waals surface area contributed by atoms with Crippen molar-refractivity contribution in [3.05, 3.63) is 35.9 Å². The van der Waals surface area contributed by atoms with Crippen molar-refractivity contribution in [1.82, 2.24) is 0 Å². The molecule has 1 rings (SSSR count). The first-order valence-electron chi connectivity index (χ1n) is 5.35. The Kier molecular flexibility index (Phi) is 30.0. The van der Waals surface area contributed by atoms with Gasteiger partial charge in [0.25, 0.3) is 0 Å². The van der Waals surface area contributed by atoms with E-state index < -0.39 is 0 Å². The van der Waals surface area contributed by atoms with Crippen LogP contribution in [0.1, 0.15) is 67.9 Å². The second-order valence-electron chi connectivity index (χ2n) is 2.57. The van der Waals surface area contributed by atoms with Gasteiger partial charge in [-0.15, -0.1) is 0 Å². The Hall–Kier alpha value is -0.780. The fraction of sp³-hybridized carbons (Fsp3) is 0.600. The summed E-state index contributed by atoms with van der Waals surface area (Å²) in [4.78, 5) is 0. The zero-order valence-corrected chi connectivity index (χ0v) is 9.96. The lowest BCUT2D eigenvalue weighted by atomic mass is 10.0. The van der Waals surface area contributed by atoms with Gasteiger partial charge in [0.15, 0.2) is 0 Å². The summed E-state index contributed by atoms with van der Waals surface area (Å²) in [6, 6.07) is 10.5. The highest BCUT2D eigenvalue weighted by molar-refractivity contribution is 5.17. The Labute approximate surface area is 98.7 Å². The molecule has 0 aliphatic carbocycles. The van der Waals surface area contributed by atoms with E-state index in [2.05, 4.69) is 38.1 Å². The second kappa shape index (κ2) is 18.9. The van der Waals surface area contributed by atoms with E-state index in [4.69, 9.17) is 0 Å². The van der Waals surface area contributed by atoms with Crippen LogP contribution < -0.4 is 0 Å². The van der Waals surface area contributed by atoms with Crippen molar-refractivity contribution in [2.45, 2.75) is 62.3 Å². The van der Waals surface area contributed by atoms with Gasteiger partial charge in [-0.2, -0.15) is 0 Å². The molecule has 0 saturated heterocycles. The molecule has 0 atom stereocenters. The highest BCUT2D eigenvalue weighted by Crippen LogP contribution is 2.11. The molecule has 0 aliphatic heterocycles. The summed E-state index contributed by atoms with van der Waals surface area (Å²) >= 11 is 0. The molecule has 0 unspecified atom stereocenters. The van der Waals surface area contributed by atoms with Crippen molar-refractivity contribution in [1.29, 1.82) is 0 Å². The maximum atomic E-state index is 2.20. The molecule has 1 aromatic carbocycles. The standard InChI is InChI=1S/C9H12.2C2H6.2CH4/c1-8(2)9-6-4-3-5-7-9;2*1-2;;/h3-8H,1-2H3;2*1-2H3;2*1H4. The van der Waals surface area contributed by atoms with E-state index in [0.29, 0.717) is 5.92 Å². The normalized spacial score (nSPS) is 6.87. The van der Waals surface area contributed by atoms with Crippen LogP contribution in [0.3, 0.4) is 0 Å². The molecule has 0 nitrogen and oxygen atoms in total. The van der Waals surface area contributed by atoms with Crippen molar-refractivity contribution in [2.24, 2.45) is 0 Å². The number of rotatable bonds is 1. The molecule has 0 radical (unpaired) electrons. The highest BCUT2D eigenvalue weighted by atomic mass is 14.0. The van der Waals surface area contributed by atoms with E-state index in [-0.39, 0.29) is 14.9 Å². The molecule has 0 aliphatic rings.